The number of nitrogens with zero attached hydrogens (tertiary/aromatic N) is 2. The number of amides is 1. The van der Waals surface area contributed by atoms with Crippen LogP contribution >= 0.6 is 0 Å². The van der Waals surface area contributed by atoms with E-state index in [9.17, 15) is 9.90 Å². The highest BCUT2D eigenvalue weighted by Gasteiger charge is 2.32. The van der Waals surface area contributed by atoms with E-state index in [-0.39, 0.29) is 17.9 Å². The number of fused-ring (bicyclic) bond motifs is 1. The highest BCUT2D eigenvalue weighted by Crippen LogP contribution is 2.35. The monoisotopic (exact) mass is 386 g/mol. The zero-order valence-corrected chi connectivity index (χ0v) is 18.0. The Balaban J connectivity index is 1.64. The molecule has 1 aliphatic heterocycles. The van der Waals surface area contributed by atoms with Gasteiger partial charge in [-0.3, -0.25) is 9.69 Å². The third kappa shape index (κ3) is 5.15. The lowest BCUT2D eigenvalue weighted by Crippen LogP contribution is -2.46. The molecule has 4 heteroatoms. The molecule has 1 aromatic carbocycles. The Labute approximate surface area is 170 Å². The molecule has 28 heavy (non-hydrogen) atoms. The summed E-state index contributed by atoms with van der Waals surface area (Å²) in [5.74, 6) is 0.918. The maximum Gasteiger partial charge on any atom is 0.227 e. The van der Waals surface area contributed by atoms with E-state index in [0.717, 1.165) is 45.4 Å². The normalized spacial score (nSPS) is 21.0. The van der Waals surface area contributed by atoms with Crippen molar-refractivity contribution in [1.82, 2.24) is 9.80 Å². The molecular formula is C24H38N2O2. The zero-order valence-electron chi connectivity index (χ0n) is 18.0. The molecule has 3 rings (SSSR count). The highest BCUT2D eigenvalue weighted by atomic mass is 16.3. The average molecular weight is 387 g/mol. The summed E-state index contributed by atoms with van der Waals surface area (Å²) in [6.45, 7) is 10.1. The van der Waals surface area contributed by atoms with Gasteiger partial charge < -0.3 is 10.0 Å². The third-order valence-electron chi connectivity index (χ3n) is 6.42. The molecule has 4 nitrogen and oxygen atoms in total. The molecule has 1 N–H and O–H groups in total. The topological polar surface area (TPSA) is 43.8 Å². The Morgan fingerprint density at radius 2 is 1.89 bits per heavy atom. The number of aryl methyl sites for hydroxylation is 1. The maximum absolute atomic E-state index is 12.6. The molecule has 156 valence electrons. The summed E-state index contributed by atoms with van der Waals surface area (Å²) in [4.78, 5) is 17.2. The zero-order chi connectivity index (χ0) is 20.1. The lowest BCUT2D eigenvalue weighted by atomic mass is 9.85. The number of aliphatic hydroxyl groups excluding tert-OH is 1. The summed E-state index contributed by atoms with van der Waals surface area (Å²) < 4.78 is 0. The Morgan fingerprint density at radius 3 is 2.57 bits per heavy atom. The van der Waals surface area contributed by atoms with Crippen LogP contribution in [0.3, 0.4) is 0 Å². The minimum atomic E-state index is -0.286. The van der Waals surface area contributed by atoms with E-state index in [0.29, 0.717) is 12.0 Å². The van der Waals surface area contributed by atoms with Gasteiger partial charge in [0.05, 0.1) is 0 Å². The second-order valence-electron chi connectivity index (χ2n) is 9.66. The smallest absolute Gasteiger partial charge is 0.227 e. The Hall–Kier alpha value is -1.39. The largest absolute Gasteiger partial charge is 0.396 e. The summed E-state index contributed by atoms with van der Waals surface area (Å²) in [6, 6.07) is 9.38. The number of hydrogen-bond donors (Lipinski definition) is 1. The van der Waals surface area contributed by atoms with Gasteiger partial charge in [0.1, 0.15) is 0 Å². The molecule has 1 fully saturated rings. The van der Waals surface area contributed by atoms with Crippen LogP contribution in [0, 0.1) is 11.3 Å². The van der Waals surface area contributed by atoms with Crippen molar-refractivity contribution in [2.75, 3.05) is 32.8 Å². The fraction of sp³-hybridized carbons (Fsp3) is 0.708. The summed E-state index contributed by atoms with van der Waals surface area (Å²) in [6.07, 6.45) is 6.66. The molecule has 1 aliphatic carbocycles. The lowest BCUT2D eigenvalue weighted by Gasteiger charge is -2.41. The van der Waals surface area contributed by atoms with Crippen LogP contribution < -0.4 is 0 Å². The Kier molecular flexibility index (Phi) is 7.16. The number of benzene rings is 1. The molecule has 1 atom stereocenters. The van der Waals surface area contributed by atoms with Gasteiger partial charge in [-0.05, 0) is 55.6 Å². The Bertz CT molecular complexity index is 644. The van der Waals surface area contributed by atoms with E-state index < -0.39 is 0 Å². The molecule has 0 spiro atoms. The molecule has 1 heterocycles. The first kappa shape index (κ1) is 21.3. The number of piperidine rings is 1. The Morgan fingerprint density at radius 1 is 1.18 bits per heavy atom. The van der Waals surface area contributed by atoms with Crippen molar-refractivity contribution >= 4 is 5.91 Å². The van der Waals surface area contributed by atoms with E-state index in [1.807, 2.05) is 20.8 Å². The van der Waals surface area contributed by atoms with Gasteiger partial charge in [-0.2, -0.15) is 0 Å². The third-order valence-corrected chi connectivity index (χ3v) is 6.42. The van der Waals surface area contributed by atoms with Gasteiger partial charge in [-0.1, -0.05) is 45.0 Å². The number of hydrogen-bond acceptors (Lipinski definition) is 3. The molecule has 0 radical (unpaired) electrons. The molecule has 0 saturated carbocycles. The first-order chi connectivity index (χ1) is 13.4. The van der Waals surface area contributed by atoms with Gasteiger partial charge in [0.2, 0.25) is 5.91 Å². The van der Waals surface area contributed by atoms with Crippen LogP contribution in [0.1, 0.15) is 70.0 Å². The van der Waals surface area contributed by atoms with Crippen molar-refractivity contribution in [3.63, 3.8) is 0 Å². The number of likely N-dealkylation sites (tertiary alicyclic amines) is 1. The van der Waals surface area contributed by atoms with Gasteiger partial charge in [0.15, 0.2) is 0 Å². The van der Waals surface area contributed by atoms with Crippen molar-refractivity contribution in [2.24, 2.45) is 11.3 Å². The standard InChI is InChI=1S/C24H38N2O2/c1-24(2,3)23(28)25-15-12-19(13-16-25)18-26(14-7-17-27)22-11-6-9-20-8-4-5-10-21(20)22/h4-5,8,10,19,22,27H,6-7,9,11-18H2,1-3H3. The van der Waals surface area contributed by atoms with Gasteiger partial charge >= 0.3 is 0 Å². The first-order valence-electron chi connectivity index (χ1n) is 11.1. The van der Waals surface area contributed by atoms with Crippen molar-refractivity contribution in [2.45, 2.75) is 65.3 Å². The predicted molar refractivity (Wildman–Crippen MR) is 114 cm³/mol. The van der Waals surface area contributed by atoms with Crippen LogP contribution in [0.25, 0.3) is 0 Å². The second-order valence-corrected chi connectivity index (χ2v) is 9.66. The van der Waals surface area contributed by atoms with Crippen molar-refractivity contribution < 1.29 is 9.90 Å². The molecule has 1 amide bonds. The first-order valence-corrected chi connectivity index (χ1v) is 11.1. The summed E-state index contributed by atoms with van der Waals surface area (Å²) in [5, 5.41) is 9.42. The van der Waals surface area contributed by atoms with E-state index in [2.05, 4.69) is 34.1 Å². The van der Waals surface area contributed by atoms with E-state index in [4.69, 9.17) is 0 Å². The molecule has 0 aromatic heterocycles. The fourth-order valence-corrected chi connectivity index (χ4v) is 4.88. The van der Waals surface area contributed by atoms with E-state index in [1.165, 1.54) is 30.4 Å². The molecule has 2 aliphatic rings. The van der Waals surface area contributed by atoms with Gasteiger partial charge in [-0.25, -0.2) is 0 Å². The number of rotatable bonds is 6. The van der Waals surface area contributed by atoms with Crippen LogP contribution in [-0.2, 0) is 11.2 Å². The molecule has 1 saturated heterocycles. The second kappa shape index (κ2) is 9.41. The highest BCUT2D eigenvalue weighted by molar-refractivity contribution is 5.81. The number of aliphatic hydroxyl groups is 1. The van der Waals surface area contributed by atoms with Gasteiger partial charge in [0.25, 0.3) is 0 Å². The van der Waals surface area contributed by atoms with Crippen molar-refractivity contribution in [1.29, 1.82) is 0 Å². The van der Waals surface area contributed by atoms with Gasteiger partial charge in [-0.15, -0.1) is 0 Å². The summed E-state index contributed by atoms with van der Waals surface area (Å²) in [5.41, 5.74) is 2.71. The van der Waals surface area contributed by atoms with Crippen molar-refractivity contribution in [3.8, 4) is 0 Å². The quantitative estimate of drug-likeness (QED) is 0.803. The van der Waals surface area contributed by atoms with Crippen molar-refractivity contribution in [3.05, 3.63) is 35.4 Å². The minimum Gasteiger partial charge on any atom is -0.396 e. The van der Waals surface area contributed by atoms with E-state index in [1.54, 1.807) is 0 Å². The molecule has 1 aromatic rings. The SMILES string of the molecule is CC(C)(C)C(=O)N1CCC(CN(CCCO)C2CCCc3ccccc32)CC1. The fourth-order valence-electron chi connectivity index (χ4n) is 4.88. The molecule has 1 unspecified atom stereocenters. The van der Waals surface area contributed by atoms with Crippen LogP contribution in [0.2, 0.25) is 0 Å². The number of carbonyl (C=O) groups excluding carboxylic acids is 1. The van der Waals surface area contributed by atoms with E-state index >= 15 is 0 Å². The van der Waals surface area contributed by atoms with Crippen LogP contribution in [0.5, 0.6) is 0 Å². The predicted octanol–water partition coefficient (Wildman–Crippen LogP) is 4.03. The summed E-state index contributed by atoms with van der Waals surface area (Å²) >= 11 is 0. The average Bonchev–Trinajstić information content (AvgIpc) is 2.70. The van der Waals surface area contributed by atoms with Gasteiger partial charge in [0, 0.05) is 44.2 Å². The molecule has 0 bridgehead atoms. The number of carbonyl (C=O) groups is 1. The van der Waals surface area contributed by atoms with Crippen LogP contribution in [0.4, 0.5) is 0 Å². The minimum absolute atomic E-state index is 0.253. The van der Waals surface area contributed by atoms with Crippen LogP contribution in [-0.4, -0.2) is 53.6 Å². The summed E-state index contributed by atoms with van der Waals surface area (Å²) in [7, 11) is 0. The van der Waals surface area contributed by atoms with Crippen LogP contribution in [0.15, 0.2) is 24.3 Å². The lowest BCUT2D eigenvalue weighted by molar-refractivity contribution is -0.141. The maximum atomic E-state index is 12.6. The molecular weight excluding hydrogens is 348 g/mol.